The van der Waals surface area contributed by atoms with E-state index < -0.39 is 0 Å². The predicted octanol–water partition coefficient (Wildman–Crippen LogP) is 2.58. The summed E-state index contributed by atoms with van der Waals surface area (Å²) in [6.45, 7) is 3.51. The lowest BCUT2D eigenvalue weighted by molar-refractivity contribution is 0.0899. The lowest BCUT2D eigenvalue weighted by atomic mass is 10.0. The van der Waals surface area contributed by atoms with Crippen LogP contribution in [0.5, 0.6) is 0 Å². The Morgan fingerprint density at radius 3 is 2.81 bits per heavy atom. The number of aromatic nitrogens is 2. The Labute approximate surface area is 158 Å². The standard InChI is InChI=1S/C20H25FN4O2/c21-15-6-4-14(5-7-15)18(25-9-2-1-3-10-25)12-22-20(26)19-16-13-27-11-8-17(16)23-24-19/h4-7,18H,1-3,8-13H2,(H,22,26)(H,23,24)/t18-/m1/s1. The second-order valence-corrected chi connectivity index (χ2v) is 7.21. The van der Waals surface area contributed by atoms with Crippen molar-refractivity contribution in [2.24, 2.45) is 0 Å². The highest BCUT2D eigenvalue weighted by atomic mass is 19.1. The van der Waals surface area contributed by atoms with E-state index in [4.69, 9.17) is 4.74 Å². The molecule has 2 aliphatic heterocycles. The van der Waals surface area contributed by atoms with E-state index in [1.165, 1.54) is 18.6 Å². The van der Waals surface area contributed by atoms with Gasteiger partial charge in [-0.2, -0.15) is 5.10 Å². The lowest BCUT2D eigenvalue weighted by Crippen LogP contribution is -2.41. The maximum atomic E-state index is 13.3. The number of hydrogen-bond donors (Lipinski definition) is 2. The van der Waals surface area contributed by atoms with Crippen molar-refractivity contribution in [3.8, 4) is 0 Å². The fraction of sp³-hybridized carbons (Fsp3) is 0.500. The largest absolute Gasteiger partial charge is 0.376 e. The minimum absolute atomic E-state index is 0.0286. The molecule has 144 valence electrons. The van der Waals surface area contributed by atoms with Gasteiger partial charge in [0.2, 0.25) is 0 Å². The van der Waals surface area contributed by atoms with Gasteiger partial charge in [-0.15, -0.1) is 0 Å². The zero-order chi connectivity index (χ0) is 18.6. The molecule has 27 heavy (non-hydrogen) atoms. The molecule has 0 aliphatic carbocycles. The fourth-order valence-corrected chi connectivity index (χ4v) is 3.95. The van der Waals surface area contributed by atoms with Crippen molar-refractivity contribution < 1.29 is 13.9 Å². The number of benzene rings is 1. The summed E-state index contributed by atoms with van der Waals surface area (Å²) in [4.78, 5) is 15.1. The first kappa shape index (κ1) is 18.1. The number of carbonyl (C=O) groups is 1. The van der Waals surface area contributed by atoms with Crippen LogP contribution in [-0.2, 0) is 17.8 Å². The molecule has 1 saturated heterocycles. The van der Waals surface area contributed by atoms with E-state index in [1.807, 2.05) is 12.1 Å². The van der Waals surface area contributed by atoms with Crippen LogP contribution >= 0.6 is 0 Å². The molecule has 7 heteroatoms. The van der Waals surface area contributed by atoms with E-state index in [1.54, 1.807) is 0 Å². The third-order valence-corrected chi connectivity index (χ3v) is 5.45. The first-order chi connectivity index (χ1) is 13.2. The van der Waals surface area contributed by atoms with Gasteiger partial charge in [-0.05, 0) is 43.6 Å². The van der Waals surface area contributed by atoms with E-state index in [2.05, 4.69) is 20.4 Å². The Bertz CT molecular complexity index is 784. The monoisotopic (exact) mass is 372 g/mol. The molecular formula is C20H25FN4O2. The van der Waals surface area contributed by atoms with Crippen LogP contribution in [0.25, 0.3) is 0 Å². The number of ether oxygens (including phenoxy) is 1. The summed E-state index contributed by atoms with van der Waals surface area (Å²) in [5, 5.41) is 10.2. The highest BCUT2D eigenvalue weighted by molar-refractivity contribution is 5.94. The number of halogens is 1. The number of nitrogens with zero attached hydrogens (tertiary/aromatic N) is 2. The van der Waals surface area contributed by atoms with Gasteiger partial charge in [0.1, 0.15) is 5.82 Å². The van der Waals surface area contributed by atoms with Gasteiger partial charge in [-0.3, -0.25) is 14.8 Å². The van der Waals surface area contributed by atoms with Crippen LogP contribution in [0.4, 0.5) is 4.39 Å². The Morgan fingerprint density at radius 2 is 2.04 bits per heavy atom. The van der Waals surface area contributed by atoms with Crippen molar-refractivity contribution in [1.29, 1.82) is 0 Å². The highest BCUT2D eigenvalue weighted by Gasteiger charge is 2.26. The fourth-order valence-electron chi connectivity index (χ4n) is 3.95. The molecular weight excluding hydrogens is 347 g/mol. The smallest absolute Gasteiger partial charge is 0.272 e. The number of rotatable bonds is 5. The summed E-state index contributed by atoms with van der Waals surface area (Å²) in [7, 11) is 0. The zero-order valence-corrected chi connectivity index (χ0v) is 15.3. The quantitative estimate of drug-likeness (QED) is 0.846. The number of aromatic amines is 1. The average molecular weight is 372 g/mol. The van der Waals surface area contributed by atoms with E-state index in [0.29, 0.717) is 25.5 Å². The Hall–Kier alpha value is -2.25. The molecule has 2 N–H and O–H groups in total. The van der Waals surface area contributed by atoms with Gasteiger partial charge >= 0.3 is 0 Å². The first-order valence-corrected chi connectivity index (χ1v) is 9.64. The average Bonchev–Trinajstić information content (AvgIpc) is 3.14. The summed E-state index contributed by atoms with van der Waals surface area (Å²) in [5.74, 6) is -0.439. The van der Waals surface area contributed by atoms with Crippen molar-refractivity contribution in [2.45, 2.75) is 38.3 Å². The van der Waals surface area contributed by atoms with Gasteiger partial charge in [-0.1, -0.05) is 18.6 Å². The van der Waals surface area contributed by atoms with E-state index in [-0.39, 0.29) is 17.8 Å². The van der Waals surface area contributed by atoms with Crippen LogP contribution in [0.1, 0.15) is 52.6 Å². The van der Waals surface area contributed by atoms with Crippen LogP contribution in [0, 0.1) is 5.82 Å². The molecule has 1 fully saturated rings. The summed E-state index contributed by atoms with van der Waals surface area (Å²) in [6.07, 6.45) is 4.28. The van der Waals surface area contributed by atoms with Gasteiger partial charge < -0.3 is 10.1 Å². The molecule has 0 saturated carbocycles. The normalized spacial score (nSPS) is 18.7. The number of likely N-dealkylation sites (tertiary alicyclic amines) is 1. The van der Waals surface area contributed by atoms with Crippen LogP contribution in [-0.4, -0.2) is 47.2 Å². The molecule has 4 rings (SSSR count). The maximum Gasteiger partial charge on any atom is 0.272 e. The SMILES string of the molecule is O=C(NC[C@H](c1ccc(F)cc1)N1CCCCC1)c1n[nH]c2c1COCC2. The van der Waals surface area contributed by atoms with Gasteiger partial charge in [0.05, 0.1) is 19.3 Å². The molecule has 1 aromatic heterocycles. The van der Waals surface area contributed by atoms with Crippen molar-refractivity contribution in [3.05, 3.63) is 52.6 Å². The molecule has 2 aromatic rings. The summed E-state index contributed by atoms with van der Waals surface area (Å²) in [6, 6.07) is 6.61. The third-order valence-electron chi connectivity index (χ3n) is 5.45. The van der Waals surface area contributed by atoms with E-state index >= 15 is 0 Å². The topological polar surface area (TPSA) is 70.2 Å². The molecule has 6 nitrogen and oxygen atoms in total. The number of fused-ring (bicyclic) bond motifs is 1. The van der Waals surface area contributed by atoms with Crippen LogP contribution < -0.4 is 5.32 Å². The molecule has 1 amide bonds. The zero-order valence-electron chi connectivity index (χ0n) is 15.3. The Kier molecular flexibility index (Phi) is 5.50. The summed E-state index contributed by atoms with van der Waals surface area (Å²) < 4.78 is 18.8. The summed E-state index contributed by atoms with van der Waals surface area (Å²) in [5.41, 5.74) is 3.28. The first-order valence-electron chi connectivity index (χ1n) is 9.64. The minimum atomic E-state index is -0.247. The van der Waals surface area contributed by atoms with Crippen molar-refractivity contribution in [2.75, 3.05) is 26.2 Å². The number of piperidine rings is 1. The van der Waals surface area contributed by atoms with Gasteiger partial charge in [0.15, 0.2) is 5.69 Å². The lowest BCUT2D eigenvalue weighted by Gasteiger charge is -2.35. The Balaban J connectivity index is 1.48. The van der Waals surface area contributed by atoms with Crippen LogP contribution in [0.2, 0.25) is 0 Å². The molecule has 0 bridgehead atoms. The number of amides is 1. The number of H-pyrrole nitrogens is 1. The van der Waals surface area contributed by atoms with E-state index in [9.17, 15) is 9.18 Å². The minimum Gasteiger partial charge on any atom is -0.376 e. The number of hydrogen-bond acceptors (Lipinski definition) is 4. The number of nitrogens with one attached hydrogen (secondary N) is 2. The van der Waals surface area contributed by atoms with Gasteiger partial charge in [0, 0.05) is 24.2 Å². The van der Waals surface area contributed by atoms with Gasteiger partial charge in [-0.25, -0.2) is 4.39 Å². The number of carbonyl (C=O) groups excluding carboxylic acids is 1. The van der Waals surface area contributed by atoms with Crippen LogP contribution in [0.3, 0.4) is 0 Å². The molecule has 0 spiro atoms. The second-order valence-electron chi connectivity index (χ2n) is 7.21. The molecule has 3 heterocycles. The van der Waals surface area contributed by atoms with E-state index in [0.717, 1.165) is 49.2 Å². The van der Waals surface area contributed by atoms with Crippen LogP contribution in [0.15, 0.2) is 24.3 Å². The molecule has 1 aromatic carbocycles. The molecule has 2 aliphatic rings. The second kappa shape index (κ2) is 8.19. The highest BCUT2D eigenvalue weighted by Crippen LogP contribution is 2.25. The van der Waals surface area contributed by atoms with Crippen molar-refractivity contribution in [1.82, 2.24) is 20.4 Å². The molecule has 0 radical (unpaired) electrons. The molecule has 1 atom stereocenters. The third kappa shape index (κ3) is 4.04. The van der Waals surface area contributed by atoms with Crippen molar-refractivity contribution >= 4 is 5.91 Å². The predicted molar refractivity (Wildman–Crippen MR) is 98.8 cm³/mol. The van der Waals surface area contributed by atoms with Crippen molar-refractivity contribution in [3.63, 3.8) is 0 Å². The summed E-state index contributed by atoms with van der Waals surface area (Å²) >= 11 is 0. The Morgan fingerprint density at radius 1 is 1.26 bits per heavy atom. The maximum absolute atomic E-state index is 13.3. The van der Waals surface area contributed by atoms with Gasteiger partial charge in [0.25, 0.3) is 5.91 Å². The molecule has 0 unspecified atom stereocenters.